The number of carbonyl (C=O) groups is 1. The van der Waals surface area contributed by atoms with Crippen molar-refractivity contribution in [3.05, 3.63) is 0 Å². The second kappa shape index (κ2) is 8.55. The van der Waals surface area contributed by atoms with Crippen molar-refractivity contribution in [3.8, 4) is 0 Å². The van der Waals surface area contributed by atoms with E-state index < -0.39 is 5.60 Å². The van der Waals surface area contributed by atoms with Gasteiger partial charge in [-0.25, -0.2) is 4.79 Å². The van der Waals surface area contributed by atoms with Crippen LogP contribution in [0.4, 0.5) is 4.79 Å². The Balaban J connectivity index is 0.00000288. The van der Waals surface area contributed by atoms with E-state index in [-0.39, 0.29) is 48.1 Å². The molecule has 0 spiro atoms. The van der Waals surface area contributed by atoms with Crippen molar-refractivity contribution in [1.82, 2.24) is 15.5 Å². The lowest BCUT2D eigenvalue weighted by Crippen LogP contribution is -2.63. The summed E-state index contributed by atoms with van der Waals surface area (Å²) in [5.74, 6) is 0.751. The number of nitrogens with zero attached hydrogens (tertiary/aromatic N) is 2. The topological polar surface area (TPSA) is 86.2 Å². The van der Waals surface area contributed by atoms with Gasteiger partial charge < -0.3 is 25.4 Å². The van der Waals surface area contributed by atoms with E-state index in [2.05, 4.69) is 15.6 Å². The molecular formula is C16H31IN4O3. The predicted octanol–water partition coefficient (Wildman–Crippen LogP) is 1.55. The number of ether oxygens (including phenoxy) is 1. The van der Waals surface area contributed by atoms with Crippen LogP contribution in [0.1, 0.15) is 40.5 Å². The smallest absolute Gasteiger partial charge is 0.410 e. The van der Waals surface area contributed by atoms with Crippen LogP contribution in [0.2, 0.25) is 0 Å². The van der Waals surface area contributed by atoms with Crippen LogP contribution >= 0.6 is 24.0 Å². The number of guanidine groups is 1. The van der Waals surface area contributed by atoms with Crippen molar-refractivity contribution >= 4 is 36.0 Å². The predicted molar refractivity (Wildman–Crippen MR) is 105 cm³/mol. The monoisotopic (exact) mass is 454 g/mol. The molecule has 140 valence electrons. The Morgan fingerprint density at radius 2 is 2.00 bits per heavy atom. The van der Waals surface area contributed by atoms with Crippen LogP contribution in [0, 0.1) is 5.41 Å². The Hall–Kier alpha value is -0.770. The summed E-state index contributed by atoms with van der Waals surface area (Å²) in [6.07, 6.45) is 1.82. The molecular weight excluding hydrogens is 423 g/mol. The highest BCUT2D eigenvalue weighted by Crippen LogP contribution is 2.45. The molecule has 1 aliphatic heterocycles. The molecule has 0 unspecified atom stereocenters. The second-order valence-corrected chi connectivity index (χ2v) is 7.58. The molecule has 2 rings (SSSR count). The van der Waals surface area contributed by atoms with Crippen LogP contribution in [0.15, 0.2) is 4.99 Å². The highest BCUT2D eigenvalue weighted by Gasteiger charge is 2.42. The number of rotatable bonds is 5. The molecule has 8 heteroatoms. The van der Waals surface area contributed by atoms with Gasteiger partial charge in [-0.1, -0.05) is 0 Å². The summed E-state index contributed by atoms with van der Waals surface area (Å²) in [7, 11) is 0. The molecule has 1 saturated heterocycles. The molecule has 3 N–H and O–H groups in total. The van der Waals surface area contributed by atoms with Crippen molar-refractivity contribution < 1.29 is 14.6 Å². The van der Waals surface area contributed by atoms with Gasteiger partial charge in [0.2, 0.25) is 0 Å². The molecule has 7 nitrogen and oxygen atoms in total. The first-order chi connectivity index (χ1) is 10.8. The van der Waals surface area contributed by atoms with Gasteiger partial charge in [0.25, 0.3) is 0 Å². The van der Waals surface area contributed by atoms with Crippen molar-refractivity contribution in [3.63, 3.8) is 0 Å². The van der Waals surface area contributed by atoms with Gasteiger partial charge in [-0.05, 0) is 40.5 Å². The second-order valence-electron chi connectivity index (χ2n) is 7.58. The molecule has 0 aromatic carbocycles. The van der Waals surface area contributed by atoms with Crippen LogP contribution in [-0.4, -0.2) is 66.5 Å². The average molecular weight is 454 g/mol. The first kappa shape index (κ1) is 21.3. The Morgan fingerprint density at radius 3 is 2.46 bits per heavy atom. The van der Waals surface area contributed by atoms with Gasteiger partial charge in [0.1, 0.15) is 5.60 Å². The number of hydrogen-bond acceptors (Lipinski definition) is 4. The number of hydrogen-bond donors (Lipinski definition) is 3. The van der Waals surface area contributed by atoms with E-state index in [0.717, 1.165) is 25.3 Å². The number of halogens is 1. The lowest BCUT2D eigenvalue weighted by Gasteiger charge is -2.40. The third-order valence-electron chi connectivity index (χ3n) is 4.08. The number of aliphatic hydroxyl groups excluding tert-OH is 1. The van der Waals surface area contributed by atoms with Crippen molar-refractivity contribution in [1.29, 1.82) is 0 Å². The number of carbonyl (C=O) groups excluding carboxylic acids is 1. The highest BCUT2D eigenvalue weighted by molar-refractivity contribution is 14.0. The number of aliphatic imine (C=N–C) groups is 1. The van der Waals surface area contributed by atoms with Crippen molar-refractivity contribution in [2.75, 3.05) is 32.8 Å². The number of likely N-dealkylation sites (tertiary alicyclic amines) is 1. The molecule has 1 saturated carbocycles. The maximum atomic E-state index is 11.9. The summed E-state index contributed by atoms with van der Waals surface area (Å²) < 4.78 is 5.34. The minimum absolute atomic E-state index is 0. The van der Waals surface area contributed by atoms with E-state index in [1.807, 2.05) is 27.7 Å². The van der Waals surface area contributed by atoms with Gasteiger partial charge in [0.15, 0.2) is 5.96 Å². The fourth-order valence-corrected chi connectivity index (χ4v) is 2.35. The van der Waals surface area contributed by atoms with E-state index in [0.29, 0.717) is 19.6 Å². The summed E-state index contributed by atoms with van der Waals surface area (Å²) in [4.78, 5) is 18.2. The van der Waals surface area contributed by atoms with Crippen LogP contribution < -0.4 is 10.6 Å². The van der Waals surface area contributed by atoms with Crippen molar-refractivity contribution in [2.24, 2.45) is 10.4 Å². The highest BCUT2D eigenvalue weighted by atomic mass is 127. The normalized spacial score (nSPS) is 19.9. The van der Waals surface area contributed by atoms with Crippen LogP contribution in [0.3, 0.4) is 0 Å². The SMILES string of the molecule is CCNC(=NCC1(CO)CC1)NC1CN(C(=O)OC(C)(C)C)C1.I. The fourth-order valence-electron chi connectivity index (χ4n) is 2.35. The molecule has 0 aromatic rings. The summed E-state index contributed by atoms with van der Waals surface area (Å²) in [5.41, 5.74) is -0.459. The summed E-state index contributed by atoms with van der Waals surface area (Å²) in [6.45, 7) is 10.5. The quantitative estimate of drug-likeness (QED) is 0.334. The molecule has 0 bridgehead atoms. The van der Waals surface area contributed by atoms with E-state index in [1.54, 1.807) is 4.90 Å². The zero-order valence-electron chi connectivity index (χ0n) is 15.1. The molecule has 1 aliphatic carbocycles. The first-order valence-electron chi connectivity index (χ1n) is 8.40. The third kappa shape index (κ3) is 6.27. The van der Waals surface area contributed by atoms with E-state index in [9.17, 15) is 9.90 Å². The van der Waals surface area contributed by atoms with Crippen LogP contribution in [0.25, 0.3) is 0 Å². The van der Waals surface area contributed by atoms with Crippen molar-refractivity contribution in [2.45, 2.75) is 52.2 Å². The van der Waals surface area contributed by atoms with E-state index in [1.165, 1.54) is 0 Å². The molecule has 0 aromatic heterocycles. The zero-order valence-corrected chi connectivity index (χ0v) is 17.4. The van der Waals surface area contributed by atoms with E-state index in [4.69, 9.17) is 4.74 Å². The van der Waals surface area contributed by atoms with Gasteiger partial charge in [0.05, 0.1) is 19.2 Å². The third-order valence-corrected chi connectivity index (χ3v) is 4.08. The van der Waals surface area contributed by atoms with E-state index >= 15 is 0 Å². The van der Waals surface area contributed by atoms with Crippen LogP contribution in [0.5, 0.6) is 0 Å². The number of amides is 1. The molecule has 1 heterocycles. The Morgan fingerprint density at radius 1 is 1.38 bits per heavy atom. The summed E-state index contributed by atoms with van der Waals surface area (Å²) in [6, 6.07) is 0.185. The Labute approximate surface area is 161 Å². The Kier molecular flexibility index (Phi) is 7.58. The lowest BCUT2D eigenvalue weighted by atomic mass is 10.1. The summed E-state index contributed by atoms with van der Waals surface area (Å²) >= 11 is 0. The molecule has 1 amide bonds. The van der Waals surface area contributed by atoms with Gasteiger partial charge in [-0.2, -0.15) is 0 Å². The Bertz CT molecular complexity index is 455. The first-order valence-corrected chi connectivity index (χ1v) is 8.40. The largest absolute Gasteiger partial charge is 0.444 e. The maximum Gasteiger partial charge on any atom is 0.410 e. The van der Waals surface area contributed by atoms with Gasteiger partial charge in [-0.15, -0.1) is 24.0 Å². The molecule has 2 fully saturated rings. The maximum absolute atomic E-state index is 11.9. The van der Waals surface area contributed by atoms with Gasteiger partial charge >= 0.3 is 6.09 Å². The minimum atomic E-state index is -0.463. The molecule has 24 heavy (non-hydrogen) atoms. The van der Waals surface area contributed by atoms with Gasteiger partial charge in [-0.3, -0.25) is 4.99 Å². The van der Waals surface area contributed by atoms with Crippen LogP contribution in [-0.2, 0) is 4.74 Å². The summed E-state index contributed by atoms with van der Waals surface area (Å²) in [5, 5.41) is 15.9. The standard InChI is InChI=1S/C16H30N4O3.HI/c1-5-17-13(18-10-16(11-21)6-7-16)19-12-8-20(9-12)14(22)23-15(2,3)4;/h12,21H,5-11H2,1-4H3,(H2,17,18,19);1H. The number of nitrogens with one attached hydrogen (secondary N) is 2. The zero-order chi connectivity index (χ0) is 17.1. The lowest BCUT2D eigenvalue weighted by molar-refractivity contribution is 0.00700. The molecule has 0 atom stereocenters. The molecule has 0 radical (unpaired) electrons. The minimum Gasteiger partial charge on any atom is -0.444 e. The van der Waals surface area contributed by atoms with Gasteiger partial charge in [0, 0.05) is 25.0 Å². The number of aliphatic hydroxyl groups is 1. The molecule has 2 aliphatic rings. The fraction of sp³-hybridized carbons (Fsp3) is 0.875. The average Bonchev–Trinajstić information content (AvgIpc) is 3.18.